The van der Waals surface area contributed by atoms with Crippen LogP contribution in [-0.4, -0.2) is 56.2 Å². The highest BCUT2D eigenvalue weighted by atomic mass is 19.1. The van der Waals surface area contributed by atoms with Crippen molar-refractivity contribution in [2.75, 3.05) is 32.2 Å². The summed E-state index contributed by atoms with van der Waals surface area (Å²) < 4.78 is 30.0. The van der Waals surface area contributed by atoms with Crippen molar-refractivity contribution in [3.63, 3.8) is 0 Å². The van der Waals surface area contributed by atoms with Crippen molar-refractivity contribution in [1.29, 1.82) is 0 Å². The second-order valence-electron chi connectivity index (χ2n) is 7.88. The molecule has 32 heavy (non-hydrogen) atoms. The zero-order valence-corrected chi connectivity index (χ0v) is 18.4. The van der Waals surface area contributed by atoms with E-state index in [1.54, 1.807) is 18.2 Å². The molecule has 2 aromatic carbocycles. The fourth-order valence-electron chi connectivity index (χ4n) is 4.25. The average molecular weight is 440 g/mol. The molecule has 2 aliphatic rings. The Balaban J connectivity index is 1.86. The number of halogens is 1. The van der Waals surface area contributed by atoms with Gasteiger partial charge in [0, 0.05) is 13.1 Å². The summed E-state index contributed by atoms with van der Waals surface area (Å²) in [6.07, 6.45) is -0.221. The third kappa shape index (κ3) is 3.82. The summed E-state index contributed by atoms with van der Waals surface area (Å²) in [6, 6.07) is 10.4. The third-order valence-corrected chi connectivity index (χ3v) is 5.55. The molecule has 4 rings (SSSR count). The predicted octanol–water partition coefficient (Wildman–Crippen LogP) is 3.24. The lowest BCUT2D eigenvalue weighted by atomic mass is 10.0. The molecule has 0 N–H and O–H groups in total. The molecular weight excluding hydrogens is 415 g/mol. The number of methoxy groups -OCH3 is 2. The summed E-state index contributed by atoms with van der Waals surface area (Å²) in [5, 5.41) is 0. The van der Waals surface area contributed by atoms with E-state index in [-0.39, 0.29) is 17.8 Å². The number of anilines is 1. The quantitative estimate of drug-likeness (QED) is 0.665. The van der Waals surface area contributed by atoms with Crippen molar-refractivity contribution < 1.29 is 28.2 Å². The van der Waals surface area contributed by atoms with Crippen LogP contribution >= 0.6 is 0 Å². The maximum atomic E-state index is 13.6. The van der Waals surface area contributed by atoms with Gasteiger partial charge in [0.05, 0.1) is 37.7 Å². The normalized spacial score (nSPS) is 21.4. The van der Waals surface area contributed by atoms with Gasteiger partial charge in [0.1, 0.15) is 11.5 Å². The van der Waals surface area contributed by atoms with E-state index in [0.717, 1.165) is 4.90 Å². The molecule has 8 heteroatoms. The predicted molar refractivity (Wildman–Crippen MR) is 117 cm³/mol. The van der Waals surface area contributed by atoms with Gasteiger partial charge in [-0.2, -0.15) is 0 Å². The van der Waals surface area contributed by atoms with Gasteiger partial charge in [-0.15, -0.1) is 0 Å². The van der Waals surface area contributed by atoms with Crippen LogP contribution in [0.15, 0.2) is 48.2 Å². The van der Waals surface area contributed by atoms with Crippen LogP contribution in [0.4, 0.5) is 10.1 Å². The highest BCUT2D eigenvalue weighted by Gasteiger charge is 2.44. The van der Waals surface area contributed by atoms with Crippen molar-refractivity contribution in [2.45, 2.75) is 26.1 Å². The number of nitrogens with zero attached hydrogens (tertiary/aromatic N) is 2. The second kappa shape index (κ2) is 8.63. The number of ether oxygens (including phenoxy) is 3. The minimum Gasteiger partial charge on any atom is -0.493 e. The second-order valence-corrected chi connectivity index (χ2v) is 7.88. The molecule has 2 unspecified atom stereocenters. The SMILES string of the molecule is COc1ccc(C2=C(N3CC(C)OC(C)C3)C(=O)N(c3ccc(F)cc3)C2=O)cc1OC. The molecule has 1 saturated heterocycles. The molecule has 2 heterocycles. The molecule has 2 aliphatic heterocycles. The molecule has 2 atom stereocenters. The number of amides is 2. The summed E-state index contributed by atoms with van der Waals surface area (Å²) in [6.45, 7) is 4.79. The van der Waals surface area contributed by atoms with E-state index < -0.39 is 17.6 Å². The molecule has 0 saturated carbocycles. The summed E-state index contributed by atoms with van der Waals surface area (Å²) in [5.74, 6) is -0.416. The Morgan fingerprint density at radius 3 is 2.12 bits per heavy atom. The molecule has 7 nitrogen and oxygen atoms in total. The minimum atomic E-state index is -0.476. The van der Waals surface area contributed by atoms with Crippen molar-refractivity contribution >= 4 is 23.1 Å². The molecule has 0 aromatic heterocycles. The largest absolute Gasteiger partial charge is 0.493 e. The fourth-order valence-corrected chi connectivity index (χ4v) is 4.25. The average Bonchev–Trinajstić information content (AvgIpc) is 3.03. The topological polar surface area (TPSA) is 68.3 Å². The Kier molecular flexibility index (Phi) is 5.88. The van der Waals surface area contributed by atoms with Gasteiger partial charge in [0.15, 0.2) is 11.5 Å². The number of rotatable bonds is 5. The molecule has 168 valence electrons. The lowest BCUT2D eigenvalue weighted by Gasteiger charge is -2.37. The monoisotopic (exact) mass is 440 g/mol. The van der Waals surface area contributed by atoms with E-state index >= 15 is 0 Å². The number of morpholine rings is 1. The Morgan fingerprint density at radius 2 is 1.53 bits per heavy atom. The first-order valence-electron chi connectivity index (χ1n) is 10.4. The molecular formula is C24H25FN2O5. The highest BCUT2D eigenvalue weighted by Crippen LogP contribution is 2.38. The zero-order valence-electron chi connectivity index (χ0n) is 18.4. The molecule has 0 bridgehead atoms. The van der Waals surface area contributed by atoms with Crippen molar-refractivity contribution in [2.24, 2.45) is 0 Å². The lowest BCUT2D eigenvalue weighted by Crippen LogP contribution is -2.47. The van der Waals surface area contributed by atoms with Gasteiger partial charge in [-0.05, 0) is 55.8 Å². The first-order valence-corrected chi connectivity index (χ1v) is 10.4. The van der Waals surface area contributed by atoms with Crippen molar-refractivity contribution in [3.8, 4) is 11.5 Å². The summed E-state index contributed by atoms with van der Waals surface area (Å²) in [7, 11) is 3.04. The van der Waals surface area contributed by atoms with Gasteiger partial charge in [-0.3, -0.25) is 9.59 Å². The number of hydrogen-bond donors (Lipinski definition) is 0. The Morgan fingerprint density at radius 1 is 0.906 bits per heavy atom. The maximum Gasteiger partial charge on any atom is 0.282 e. The smallest absolute Gasteiger partial charge is 0.282 e. The molecule has 1 fully saturated rings. The van der Waals surface area contributed by atoms with E-state index in [4.69, 9.17) is 14.2 Å². The van der Waals surface area contributed by atoms with Crippen molar-refractivity contribution in [3.05, 3.63) is 59.5 Å². The van der Waals surface area contributed by atoms with E-state index in [2.05, 4.69) is 0 Å². The van der Waals surface area contributed by atoms with Gasteiger partial charge in [-0.25, -0.2) is 9.29 Å². The third-order valence-electron chi connectivity index (χ3n) is 5.55. The van der Waals surface area contributed by atoms with Crippen molar-refractivity contribution in [1.82, 2.24) is 4.90 Å². The lowest BCUT2D eigenvalue weighted by molar-refractivity contribution is -0.121. The van der Waals surface area contributed by atoms with Crippen LogP contribution in [0.3, 0.4) is 0 Å². The molecule has 2 amide bonds. The Hall–Kier alpha value is -3.39. The van der Waals surface area contributed by atoms with Crippen LogP contribution in [0, 0.1) is 5.82 Å². The summed E-state index contributed by atoms with van der Waals surface area (Å²) in [5.41, 5.74) is 1.41. The van der Waals surface area contributed by atoms with Gasteiger partial charge < -0.3 is 19.1 Å². The van der Waals surface area contributed by atoms with Crippen LogP contribution in [0.25, 0.3) is 5.57 Å². The first kappa shape index (κ1) is 21.8. The zero-order chi connectivity index (χ0) is 23.0. The fraction of sp³-hybridized carbons (Fsp3) is 0.333. The van der Waals surface area contributed by atoms with E-state index in [1.807, 2.05) is 18.7 Å². The number of hydrogen-bond acceptors (Lipinski definition) is 6. The van der Waals surface area contributed by atoms with E-state index in [9.17, 15) is 14.0 Å². The highest BCUT2D eigenvalue weighted by molar-refractivity contribution is 6.45. The van der Waals surface area contributed by atoms with Crippen LogP contribution in [-0.2, 0) is 14.3 Å². The van der Waals surface area contributed by atoms with E-state index in [1.165, 1.54) is 38.5 Å². The first-order chi connectivity index (χ1) is 15.3. The number of carbonyl (C=O) groups excluding carboxylic acids is 2. The van der Waals surface area contributed by atoms with Crippen LogP contribution < -0.4 is 14.4 Å². The summed E-state index contributed by atoms with van der Waals surface area (Å²) >= 11 is 0. The van der Waals surface area contributed by atoms with Crippen LogP contribution in [0.5, 0.6) is 11.5 Å². The van der Waals surface area contributed by atoms with Crippen LogP contribution in [0.1, 0.15) is 19.4 Å². The minimum absolute atomic E-state index is 0.110. The summed E-state index contributed by atoms with van der Waals surface area (Å²) in [4.78, 5) is 30.2. The number of benzene rings is 2. The van der Waals surface area contributed by atoms with Gasteiger partial charge in [0.25, 0.3) is 11.8 Å². The maximum absolute atomic E-state index is 13.6. The molecule has 0 spiro atoms. The van der Waals surface area contributed by atoms with Crippen LogP contribution in [0.2, 0.25) is 0 Å². The number of carbonyl (C=O) groups is 2. The van der Waals surface area contributed by atoms with Gasteiger partial charge >= 0.3 is 0 Å². The Labute approximate surface area is 186 Å². The Bertz CT molecular complexity index is 1070. The number of imide groups is 1. The molecule has 0 radical (unpaired) electrons. The van der Waals surface area contributed by atoms with Gasteiger partial charge in [-0.1, -0.05) is 6.07 Å². The molecule has 2 aromatic rings. The standard InChI is InChI=1S/C24H25FN2O5/c1-14-12-26(13-15(2)32-14)22-21(16-5-10-19(30-3)20(11-16)31-4)23(28)27(24(22)29)18-8-6-17(25)7-9-18/h5-11,14-15H,12-13H2,1-4H3. The van der Waals surface area contributed by atoms with Gasteiger partial charge in [0.2, 0.25) is 0 Å². The molecule has 0 aliphatic carbocycles. The van der Waals surface area contributed by atoms with E-state index in [0.29, 0.717) is 41.5 Å².